The molecule has 0 radical (unpaired) electrons. The van der Waals surface area contributed by atoms with Crippen LogP contribution in [0.25, 0.3) is 0 Å². The molecule has 0 aromatic carbocycles. The van der Waals surface area contributed by atoms with Crippen LogP contribution in [0.1, 0.15) is 0 Å². The number of thiol groups is 2. The van der Waals surface area contributed by atoms with Crippen LogP contribution in [0.4, 0.5) is 0 Å². The summed E-state index contributed by atoms with van der Waals surface area (Å²) >= 11 is 15.2. The molecule has 0 unspecified atom stereocenters. The van der Waals surface area contributed by atoms with E-state index in [-0.39, 0.29) is 23.1 Å². The summed E-state index contributed by atoms with van der Waals surface area (Å²) in [5, 5.41) is 0. The van der Waals surface area contributed by atoms with E-state index in [1.165, 1.54) is 10.9 Å². The Balaban J connectivity index is -0.0000000400. The first kappa shape index (κ1) is 16.0. The zero-order chi connectivity index (χ0) is 5.41. The van der Waals surface area contributed by atoms with Gasteiger partial charge in [-0.15, -0.1) is 0 Å². The molecule has 0 N–H and O–H groups in total. The second-order valence-corrected chi connectivity index (χ2v) is 1.90. The minimum atomic E-state index is 0. The zero-order valence-electron chi connectivity index (χ0n) is 3.57. The van der Waals surface area contributed by atoms with Crippen LogP contribution in [0, 0.1) is 0 Å². The molecule has 0 atom stereocenters. The standard InChI is InChI=1S/2BHS2.Mg/c2*2-1-3;/h2*2H;/q;;+2. The summed E-state index contributed by atoms with van der Waals surface area (Å²) in [5.74, 6) is 0. The van der Waals surface area contributed by atoms with Crippen molar-refractivity contribution in [3.8, 4) is 0 Å². The van der Waals surface area contributed by atoms with Crippen LogP contribution >= 0.6 is 49.1 Å². The van der Waals surface area contributed by atoms with Gasteiger partial charge in [0.1, 0.15) is 0 Å². The van der Waals surface area contributed by atoms with E-state index in [0.717, 1.165) is 0 Å². The van der Waals surface area contributed by atoms with Crippen molar-refractivity contribution >= 4 is 83.0 Å². The largest absolute Gasteiger partial charge is 2.00 e. The van der Waals surface area contributed by atoms with Crippen LogP contribution in [0.2, 0.25) is 0 Å². The monoisotopic (exact) mass is 176 g/mol. The average molecular weight is 176 g/mol. The summed E-state index contributed by atoms with van der Waals surface area (Å²) in [7, 11) is 0. The molecule has 0 spiro atoms. The van der Waals surface area contributed by atoms with Crippen molar-refractivity contribution in [3.05, 3.63) is 0 Å². The van der Waals surface area contributed by atoms with Gasteiger partial charge in [-0.25, -0.2) is 0 Å². The number of hydrogen-bond donors (Lipinski definition) is 2. The predicted octanol–water partition coefficient (Wildman–Crippen LogP) is 0.915. The molecule has 0 bridgehead atoms. The van der Waals surface area contributed by atoms with Gasteiger partial charge in [0.15, 0.2) is 0 Å². The van der Waals surface area contributed by atoms with E-state index in [9.17, 15) is 0 Å². The van der Waals surface area contributed by atoms with E-state index < -0.39 is 0 Å². The summed E-state index contributed by atoms with van der Waals surface area (Å²) in [6.45, 7) is 0. The van der Waals surface area contributed by atoms with Crippen molar-refractivity contribution in [2.24, 2.45) is 0 Å². The third-order valence-corrected chi connectivity index (χ3v) is 0. The summed E-state index contributed by atoms with van der Waals surface area (Å²) in [6.07, 6.45) is 0. The van der Waals surface area contributed by atoms with Crippen molar-refractivity contribution in [3.63, 3.8) is 0 Å². The Hall–Kier alpha value is 2.04. The SMILES string of the molecule is S=BS.S=BS.[Mg+2]. The van der Waals surface area contributed by atoms with Gasteiger partial charge >= 0.3 is 83.0 Å². The molecule has 0 aromatic heterocycles. The van der Waals surface area contributed by atoms with Crippen LogP contribution in [-0.4, -0.2) is 33.9 Å². The van der Waals surface area contributed by atoms with Crippen LogP contribution in [0.5, 0.6) is 0 Å². The Bertz CT molecular complexity index is 30.7. The molecular weight excluding hydrogens is 174 g/mol. The van der Waals surface area contributed by atoms with Gasteiger partial charge in [-0.05, 0) is 0 Å². The first-order valence-corrected chi connectivity index (χ1v) is 2.96. The predicted molar refractivity (Wildman–Crippen MR) is 50.4 cm³/mol. The van der Waals surface area contributed by atoms with E-state index >= 15 is 0 Å². The Morgan fingerprint density at radius 2 is 1.00 bits per heavy atom. The molecule has 0 heterocycles. The second-order valence-electron chi connectivity index (χ2n) is 0.211. The van der Waals surface area contributed by atoms with Gasteiger partial charge in [0.2, 0.25) is 0 Å². The molecule has 0 nitrogen and oxygen atoms in total. The maximum atomic E-state index is 4.13. The summed E-state index contributed by atoms with van der Waals surface area (Å²) < 4.78 is 0. The fourth-order valence-electron chi connectivity index (χ4n) is 0. The van der Waals surface area contributed by atoms with Crippen molar-refractivity contribution in [1.82, 2.24) is 0 Å². The van der Waals surface area contributed by atoms with Crippen molar-refractivity contribution in [2.75, 3.05) is 0 Å². The van der Waals surface area contributed by atoms with Crippen LogP contribution < -0.4 is 0 Å². The number of hydrogen-bond acceptors (Lipinski definition) is 2. The van der Waals surface area contributed by atoms with E-state index in [0.29, 0.717) is 0 Å². The molecule has 0 amide bonds. The first-order valence-electron chi connectivity index (χ1n) is 0.988. The van der Waals surface area contributed by atoms with Gasteiger partial charge < -0.3 is 0 Å². The fraction of sp³-hybridized carbons (Fsp3) is 0. The van der Waals surface area contributed by atoms with Gasteiger partial charge in [-0.2, -0.15) is 0 Å². The first-order chi connectivity index (χ1) is 2.83. The van der Waals surface area contributed by atoms with E-state index in [4.69, 9.17) is 0 Å². The molecule has 0 fully saturated rings. The zero-order valence-corrected chi connectivity index (χ0v) is 8.41. The normalized spacial score (nSPS) is 2.57. The summed E-state index contributed by atoms with van der Waals surface area (Å²) in [4.78, 5) is 0. The Labute approximate surface area is 82.2 Å². The molecular formula is H2B2MgS4+2. The molecule has 0 saturated carbocycles. The Morgan fingerprint density at radius 3 is 1.00 bits per heavy atom. The average Bonchev–Trinajstić information content (AvgIpc) is 1.39. The molecule has 7 heteroatoms. The molecule has 0 rings (SSSR count). The second kappa shape index (κ2) is 24.4. The molecule has 0 aliphatic rings. The third-order valence-electron chi connectivity index (χ3n) is 0. The molecule has 0 aromatic rings. The number of rotatable bonds is 0. The van der Waals surface area contributed by atoms with Crippen LogP contribution in [-0.2, 0) is 0 Å². The van der Waals surface area contributed by atoms with Gasteiger partial charge in [0.25, 0.3) is 0 Å². The molecule has 0 aliphatic carbocycles. The van der Waals surface area contributed by atoms with Gasteiger partial charge in [-0.1, -0.05) is 0 Å². The van der Waals surface area contributed by atoms with Crippen molar-refractivity contribution in [1.29, 1.82) is 0 Å². The minimum Gasteiger partial charge on any atom is 2.00 e. The maximum absolute atomic E-state index is 4.13. The smallest absolute Gasteiger partial charge is 2.00 e. The fourth-order valence-corrected chi connectivity index (χ4v) is 0. The molecule has 32 valence electrons. The van der Waals surface area contributed by atoms with Gasteiger partial charge in [0.05, 0.1) is 0 Å². The maximum Gasteiger partial charge on any atom is 2.00 e. The van der Waals surface area contributed by atoms with Gasteiger partial charge in [0, 0.05) is 0 Å². The van der Waals surface area contributed by atoms with Crippen molar-refractivity contribution in [2.45, 2.75) is 0 Å². The van der Waals surface area contributed by atoms with E-state index in [1.807, 2.05) is 0 Å². The van der Waals surface area contributed by atoms with Crippen LogP contribution in [0.3, 0.4) is 0 Å². The minimum absolute atomic E-state index is 0. The van der Waals surface area contributed by atoms with E-state index in [2.05, 4.69) is 49.1 Å². The van der Waals surface area contributed by atoms with Gasteiger partial charge in [-0.3, -0.25) is 0 Å². The third kappa shape index (κ3) is 70.6. The molecule has 7 heavy (non-hydrogen) atoms. The Kier molecular flexibility index (Phi) is 55.9. The quantitative estimate of drug-likeness (QED) is 0.416. The molecule has 0 saturated heterocycles. The van der Waals surface area contributed by atoms with E-state index in [1.54, 1.807) is 0 Å². The van der Waals surface area contributed by atoms with Crippen LogP contribution in [0.15, 0.2) is 0 Å². The summed E-state index contributed by atoms with van der Waals surface area (Å²) in [6, 6.07) is 0. The molecule has 0 aliphatic heterocycles. The van der Waals surface area contributed by atoms with Crippen molar-refractivity contribution < 1.29 is 0 Å². The Morgan fingerprint density at radius 1 is 1.00 bits per heavy atom. The summed E-state index contributed by atoms with van der Waals surface area (Å²) in [5.41, 5.74) is 2.56. The topological polar surface area (TPSA) is 0 Å².